The fourth-order valence-corrected chi connectivity index (χ4v) is 2.17. The van der Waals surface area contributed by atoms with Crippen molar-refractivity contribution in [3.8, 4) is 0 Å². The van der Waals surface area contributed by atoms with Gasteiger partial charge in [-0.3, -0.25) is 9.78 Å². The molecule has 3 rings (SSSR count). The average molecular weight is 301 g/mol. The number of carbonyl (C=O) groups is 1. The summed E-state index contributed by atoms with van der Waals surface area (Å²) in [6.45, 7) is 0. The van der Waals surface area contributed by atoms with Crippen LogP contribution in [0.4, 0.5) is 10.1 Å². The second-order valence-corrected chi connectivity index (χ2v) is 4.93. The number of amides is 1. The van der Waals surface area contributed by atoms with Crippen LogP contribution in [0.3, 0.4) is 0 Å². The molecular formula is C16H10ClFN2O. The smallest absolute Gasteiger partial charge is 0.258 e. The Morgan fingerprint density at radius 1 is 1.14 bits per heavy atom. The van der Waals surface area contributed by atoms with Crippen molar-refractivity contribution in [1.82, 2.24) is 4.98 Å². The second-order valence-electron chi connectivity index (χ2n) is 4.49. The molecule has 1 N–H and O–H groups in total. The van der Waals surface area contributed by atoms with Crippen molar-refractivity contribution in [2.75, 3.05) is 5.32 Å². The molecule has 3 aromatic rings. The number of pyridine rings is 1. The molecule has 0 unspecified atom stereocenters. The van der Waals surface area contributed by atoms with Crippen LogP contribution in [-0.2, 0) is 0 Å². The van der Waals surface area contributed by atoms with Gasteiger partial charge >= 0.3 is 0 Å². The highest BCUT2D eigenvalue weighted by Crippen LogP contribution is 2.19. The maximum Gasteiger partial charge on any atom is 0.258 e. The number of rotatable bonds is 2. The average Bonchev–Trinajstić information content (AvgIpc) is 2.47. The minimum Gasteiger partial charge on any atom is -0.320 e. The molecule has 1 aromatic heterocycles. The van der Waals surface area contributed by atoms with E-state index in [-0.39, 0.29) is 10.6 Å². The third-order valence-corrected chi connectivity index (χ3v) is 3.26. The van der Waals surface area contributed by atoms with Crippen molar-refractivity contribution < 1.29 is 9.18 Å². The zero-order valence-corrected chi connectivity index (χ0v) is 11.6. The number of benzene rings is 2. The van der Waals surface area contributed by atoms with E-state index in [0.29, 0.717) is 5.69 Å². The fraction of sp³-hybridized carbons (Fsp3) is 0. The van der Waals surface area contributed by atoms with E-state index in [9.17, 15) is 9.18 Å². The van der Waals surface area contributed by atoms with E-state index in [2.05, 4.69) is 10.3 Å². The van der Waals surface area contributed by atoms with Crippen LogP contribution < -0.4 is 5.32 Å². The van der Waals surface area contributed by atoms with E-state index in [0.717, 1.165) is 17.0 Å². The zero-order valence-electron chi connectivity index (χ0n) is 10.8. The molecule has 3 nitrogen and oxygen atoms in total. The third kappa shape index (κ3) is 2.85. The molecule has 0 atom stereocenters. The summed E-state index contributed by atoms with van der Waals surface area (Å²) in [4.78, 5) is 16.3. The quantitative estimate of drug-likeness (QED) is 0.767. The summed E-state index contributed by atoms with van der Waals surface area (Å²) < 4.78 is 13.7. The maximum atomic E-state index is 13.7. The van der Waals surface area contributed by atoms with Crippen molar-refractivity contribution >= 4 is 34.1 Å². The summed E-state index contributed by atoms with van der Waals surface area (Å²) in [5.74, 6) is -1.20. The van der Waals surface area contributed by atoms with Crippen LogP contribution in [0.5, 0.6) is 0 Å². The van der Waals surface area contributed by atoms with Gasteiger partial charge in [0.15, 0.2) is 0 Å². The van der Waals surface area contributed by atoms with Gasteiger partial charge in [0.05, 0.1) is 23.0 Å². The molecule has 0 aliphatic carbocycles. The lowest BCUT2D eigenvalue weighted by atomic mass is 10.2. The molecule has 0 radical (unpaired) electrons. The Kier molecular flexibility index (Phi) is 3.54. The Labute approximate surface area is 125 Å². The summed E-state index contributed by atoms with van der Waals surface area (Å²) in [5, 5.41) is 3.77. The first-order valence-electron chi connectivity index (χ1n) is 6.25. The molecule has 0 saturated carbocycles. The van der Waals surface area contributed by atoms with Gasteiger partial charge in [0.2, 0.25) is 0 Å². The first-order chi connectivity index (χ1) is 10.1. The van der Waals surface area contributed by atoms with Crippen LogP contribution in [0.25, 0.3) is 10.9 Å². The molecule has 104 valence electrons. The lowest BCUT2D eigenvalue weighted by Gasteiger charge is -2.07. The van der Waals surface area contributed by atoms with E-state index < -0.39 is 11.7 Å². The van der Waals surface area contributed by atoms with E-state index >= 15 is 0 Å². The predicted molar refractivity (Wildman–Crippen MR) is 81.1 cm³/mol. The van der Waals surface area contributed by atoms with Gasteiger partial charge in [0, 0.05) is 10.4 Å². The summed E-state index contributed by atoms with van der Waals surface area (Å²) in [6.07, 6.45) is 1.54. The standard InChI is InChI=1S/C16H10ClFN2O/c17-11-5-6-13(14(18)8-11)16(21)20-12-7-10-3-1-2-4-15(10)19-9-12/h1-9H,(H,20,21). The Morgan fingerprint density at radius 3 is 2.76 bits per heavy atom. The van der Waals surface area contributed by atoms with Crippen LogP contribution in [0, 0.1) is 5.82 Å². The number of nitrogens with one attached hydrogen (secondary N) is 1. The minimum absolute atomic E-state index is 0.0624. The van der Waals surface area contributed by atoms with E-state index in [4.69, 9.17) is 11.6 Å². The molecule has 5 heteroatoms. The van der Waals surface area contributed by atoms with Crippen molar-refractivity contribution in [3.05, 3.63) is 71.1 Å². The largest absolute Gasteiger partial charge is 0.320 e. The summed E-state index contributed by atoms with van der Waals surface area (Å²) in [7, 11) is 0. The number of carbonyl (C=O) groups excluding carboxylic acids is 1. The zero-order chi connectivity index (χ0) is 14.8. The Bertz CT molecular complexity index is 835. The Balaban J connectivity index is 1.89. The summed E-state index contributed by atoms with van der Waals surface area (Å²) in [6, 6.07) is 13.2. The highest BCUT2D eigenvalue weighted by molar-refractivity contribution is 6.30. The molecule has 0 spiro atoms. The van der Waals surface area contributed by atoms with Gasteiger partial charge in [-0.25, -0.2) is 4.39 Å². The van der Waals surface area contributed by atoms with Crippen LogP contribution in [-0.4, -0.2) is 10.9 Å². The highest BCUT2D eigenvalue weighted by Gasteiger charge is 2.12. The number of nitrogens with zero attached hydrogens (tertiary/aromatic N) is 1. The van der Waals surface area contributed by atoms with Crippen molar-refractivity contribution in [2.24, 2.45) is 0 Å². The summed E-state index contributed by atoms with van der Waals surface area (Å²) in [5.41, 5.74) is 1.27. The molecule has 0 aliphatic heterocycles. The first kappa shape index (κ1) is 13.5. The fourth-order valence-electron chi connectivity index (χ4n) is 2.01. The van der Waals surface area contributed by atoms with E-state index in [1.165, 1.54) is 18.3 Å². The highest BCUT2D eigenvalue weighted by atomic mass is 35.5. The third-order valence-electron chi connectivity index (χ3n) is 3.02. The van der Waals surface area contributed by atoms with Crippen molar-refractivity contribution in [1.29, 1.82) is 0 Å². The van der Waals surface area contributed by atoms with Crippen LogP contribution in [0.15, 0.2) is 54.7 Å². The van der Waals surface area contributed by atoms with Gasteiger partial charge in [-0.1, -0.05) is 29.8 Å². The summed E-state index contributed by atoms with van der Waals surface area (Å²) >= 11 is 5.67. The molecule has 0 fully saturated rings. The number of aromatic nitrogens is 1. The van der Waals surface area contributed by atoms with Gasteiger partial charge in [-0.05, 0) is 30.3 Å². The maximum absolute atomic E-state index is 13.7. The van der Waals surface area contributed by atoms with Gasteiger partial charge in [0.1, 0.15) is 5.82 Å². The normalized spacial score (nSPS) is 10.6. The first-order valence-corrected chi connectivity index (χ1v) is 6.62. The molecule has 1 heterocycles. The molecule has 0 bridgehead atoms. The Morgan fingerprint density at radius 2 is 1.95 bits per heavy atom. The monoisotopic (exact) mass is 300 g/mol. The molecule has 0 saturated heterocycles. The number of halogens is 2. The Hall–Kier alpha value is -2.46. The van der Waals surface area contributed by atoms with E-state index in [1.54, 1.807) is 6.07 Å². The lowest BCUT2D eigenvalue weighted by molar-refractivity contribution is 0.102. The van der Waals surface area contributed by atoms with Gasteiger partial charge in [0.25, 0.3) is 5.91 Å². The van der Waals surface area contributed by atoms with Crippen LogP contribution >= 0.6 is 11.6 Å². The number of fused-ring (bicyclic) bond motifs is 1. The molecule has 1 amide bonds. The van der Waals surface area contributed by atoms with Crippen molar-refractivity contribution in [2.45, 2.75) is 0 Å². The molecule has 2 aromatic carbocycles. The van der Waals surface area contributed by atoms with Crippen LogP contribution in [0.1, 0.15) is 10.4 Å². The molecule has 21 heavy (non-hydrogen) atoms. The number of para-hydroxylation sites is 1. The number of anilines is 1. The van der Waals surface area contributed by atoms with Crippen molar-refractivity contribution in [3.63, 3.8) is 0 Å². The molecule has 0 aliphatic rings. The minimum atomic E-state index is -0.659. The predicted octanol–water partition coefficient (Wildman–Crippen LogP) is 4.28. The lowest BCUT2D eigenvalue weighted by Crippen LogP contribution is -2.13. The van der Waals surface area contributed by atoms with Crippen LogP contribution in [0.2, 0.25) is 5.02 Å². The van der Waals surface area contributed by atoms with Gasteiger partial charge in [-0.15, -0.1) is 0 Å². The van der Waals surface area contributed by atoms with Gasteiger partial charge in [-0.2, -0.15) is 0 Å². The topological polar surface area (TPSA) is 42.0 Å². The van der Waals surface area contributed by atoms with Gasteiger partial charge < -0.3 is 5.32 Å². The second kappa shape index (κ2) is 5.50. The number of hydrogen-bond donors (Lipinski definition) is 1. The number of hydrogen-bond acceptors (Lipinski definition) is 2. The SMILES string of the molecule is O=C(Nc1cnc2ccccc2c1)c1ccc(Cl)cc1F. The molecular weight excluding hydrogens is 291 g/mol. The van der Waals surface area contributed by atoms with E-state index in [1.807, 2.05) is 24.3 Å².